The van der Waals surface area contributed by atoms with E-state index >= 15 is 0 Å². The van der Waals surface area contributed by atoms with Crippen molar-refractivity contribution in [3.05, 3.63) is 0 Å². The largest absolute Gasteiger partial charge is 0.469 e. The molecule has 0 aromatic carbocycles. The highest BCUT2D eigenvalue weighted by Gasteiger charge is 2.21. The van der Waals surface area contributed by atoms with Crippen LogP contribution >= 0.6 is 11.8 Å². The normalized spacial score (nSPS) is 21.5. The number of rotatable bonds is 5. The molecule has 1 fully saturated rings. The monoisotopic (exact) mass is 273 g/mol. The highest BCUT2D eigenvalue weighted by atomic mass is 32.2. The molecule has 1 aliphatic heterocycles. The van der Waals surface area contributed by atoms with E-state index in [0.29, 0.717) is 17.4 Å². The zero-order chi connectivity index (χ0) is 13.5. The van der Waals surface area contributed by atoms with Gasteiger partial charge in [0.05, 0.1) is 18.8 Å². The van der Waals surface area contributed by atoms with Crippen LogP contribution < -0.4 is 0 Å². The Morgan fingerprint density at radius 1 is 1.50 bits per heavy atom. The summed E-state index contributed by atoms with van der Waals surface area (Å²) in [4.78, 5) is 25.1. The van der Waals surface area contributed by atoms with Gasteiger partial charge >= 0.3 is 5.97 Å². The predicted molar refractivity (Wildman–Crippen MR) is 73.5 cm³/mol. The van der Waals surface area contributed by atoms with Gasteiger partial charge in [-0.05, 0) is 18.8 Å². The molecule has 1 saturated heterocycles. The van der Waals surface area contributed by atoms with Crippen molar-refractivity contribution in [1.82, 2.24) is 4.90 Å². The van der Waals surface area contributed by atoms with Gasteiger partial charge in [-0.1, -0.05) is 13.8 Å². The number of ether oxygens (including phenoxy) is 1. The van der Waals surface area contributed by atoms with E-state index in [1.807, 2.05) is 11.8 Å². The minimum absolute atomic E-state index is 0.145. The van der Waals surface area contributed by atoms with Gasteiger partial charge < -0.3 is 9.64 Å². The Morgan fingerprint density at radius 3 is 2.83 bits per heavy atom. The van der Waals surface area contributed by atoms with Crippen LogP contribution in [0.2, 0.25) is 0 Å². The van der Waals surface area contributed by atoms with Crippen molar-refractivity contribution >= 4 is 23.6 Å². The summed E-state index contributed by atoms with van der Waals surface area (Å²) in [6.07, 6.45) is 2.33. The standard InChI is InChI=1S/C13H23NO3S/c1-10-5-4-6-14(7-10)12(15)9-18-8-11(2)13(16)17-3/h10-11H,4-9H2,1-3H3. The third kappa shape index (κ3) is 4.88. The molecule has 2 unspecified atom stereocenters. The zero-order valence-electron chi connectivity index (χ0n) is 11.5. The third-order valence-corrected chi connectivity index (χ3v) is 4.39. The highest BCUT2D eigenvalue weighted by Crippen LogP contribution is 2.17. The summed E-state index contributed by atoms with van der Waals surface area (Å²) in [5, 5.41) is 0. The number of methoxy groups -OCH3 is 1. The van der Waals surface area contributed by atoms with Crippen LogP contribution in [-0.4, -0.2) is 48.5 Å². The minimum Gasteiger partial charge on any atom is -0.469 e. The molecular formula is C13H23NO3S. The van der Waals surface area contributed by atoms with Gasteiger partial charge in [-0.15, -0.1) is 0 Å². The first-order valence-corrected chi connectivity index (χ1v) is 7.63. The first-order valence-electron chi connectivity index (χ1n) is 6.48. The minimum atomic E-state index is -0.207. The fourth-order valence-electron chi connectivity index (χ4n) is 2.10. The van der Waals surface area contributed by atoms with Gasteiger partial charge in [-0.3, -0.25) is 9.59 Å². The number of hydrogen-bond donors (Lipinski definition) is 0. The molecule has 0 bridgehead atoms. The quantitative estimate of drug-likeness (QED) is 0.716. The lowest BCUT2D eigenvalue weighted by molar-refractivity contribution is -0.144. The van der Waals surface area contributed by atoms with E-state index in [1.54, 1.807) is 0 Å². The topological polar surface area (TPSA) is 46.6 Å². The number of amides is 1. The van der Waals surface area contributed by atoms with E-state index in [-0.39, 0.29) is 17.8 Å². The maximum Gasteiger partial charge on any atom is 0.309 e. The summed E-state index contributed by atoms with van der Waals surface area (Å²) < 4.78 is 4.65. The molecule has 0 radical (unpaired) electrons. The fourth-order valence-corrected chi connectivity index (χ4v) is 3.06. The van der Waals surface area contributed by atoms with Crippen molar-refractivity contribution in [3.63, 3.8) is 0 Å². The molecule has 1 aliphatic rings. The molecule has 0 aromatic rings. The SMILES string of the molecule is COC(=O)C(C)CSCC(=O)N1CCCC(C)C1. The Morgan fingerprint density at radius 2 is 2.22 bits per heavy atom. The van der Waals surface area contributed by atoms with Gasteiger partial charge in [0.15, 0.2) is 0 Å². The zero-order valence-corrected chi connectivity index (χ0v) is 12.3. The van der Waals surface area contributed by atoms with E-state index in [9.17, 15) is 9.59 Å². The lowest BCUT2D eigenvalue weighted by Gasteiger charge is -2.30. The summed E-state index contributed by atoms with van der Waals surface area (Å²) in [6, 6.07) is 0. The molecule has 18 heavy (non-hydrogen) atoms. The summed E-state index contributed by atoms with van der Waals surface area (Å²) in [6.45, 7) is 5.78. The Kier molecular flexibility index (Phi) is 6.54. The first kappa shape index (κ1) is 15.3. The van der Waals surface area contributed by atoms with Crippen LogP contribution in [0, 0.1) is 11.8 Å². The van der Waals surface area contributed by atoms with Crippen molar-refractivity contribution in [2.75, 3.05) is 31.7 Å². The van der Waals surface area contributed by atoms with Crippen LogP contribution in [0.15, 0.2) is 0 Å². The molecule has 0 N–H and O–H groups in total. The van der Waals surface area contributed by atoms with E-state index in [0.717, 1.165) is 19.5 Å². The molecule has 104 valence electrons. The van der Waals surface area contributed by atoms with Crippen molar-refractivity contribution in [1.29, 1.82) is 0 Å². The number of nitrogens with zero attached hydrogens (tertiary/aromatic N) is 1. The second-order valence-electron chi connectivity index (χ2n) is 5.03. The number of esters is 1. The van der Waals surface area contributed by atoms with Crippen molar-refractivity contribution in [2.45, 2.75) is 26.7 Å². The van der Waals surface area contributed by atoms with E-state index in [2.05, 4.69) is 11.7 Å². The first-order chi connectivity index (χ1) is 8.54. The maximum atomic E-state index is 12.0. The van der Waals surface area contributed by atoms with Crippen LogP contribution in [0.1, 0.15) is 26.7 Å². The molecule has 5 heteroatoms. The highest BCUT2D eigenvalue weighted by molar-refractivity contribution is 7.99. The smallest absolute Gasteiger partial charge is 0.309 e. The molecule has 1 heterocycles. The molecular weight excluding hydrogens is 250 g/mol. The number of piperidine rings is 1. The lowest BCUT2D eigenvalue weighted by atomic mass is 10.0. The average molecular weight is 273 g/mol. The van der Waals surface area contributed by atoms with Gasteiger partial charge in [-0.2, -0.15) is 11.8 Å². The molecule has 0 aromatic heterocycles. The van der Waals surface area contributed by atoms with Crippen molar-refractivity contribution in [3.8, 4) is 0 Å². The van der Waals surface area contributed by atoms with E-state index in [1.165, 1.54) is 25.3 Å². The maximum absolute atomic E-state index is 12.0. The van der Waals surface area contributed by atoms with E-state index < -0.39 is 0 Å². The van der Waals surface area contributed by atoms with Crippen LogP contribution in [0.3, 0.4) is 0 Å². The van der Waals surface area contributed by atoms with Crippen molar-refractivity contribution in [2.24, 2.45) is 11.8 Å². The van der Waals surface area contributed by atoms with Gasteiger partial charge in [0.25, 0.3) is 0 Å². The Labute approximate surface area is 113 Å². The molecule has 1 amide bonds. The third-order valence-electron chi connectivity index (χ3n) is 3.21. The number of carbonyl (C=O) groups is 2. The number of hydrogen-bond acceptors (Lipinski definition) is 4. The second kappa shape index (κ2) is 7.67. The van der Waals surface area contributed by atoms with Gasteiger partial charge in [0.2, 0.25) is 5.91 Å². The summed E-state index contributed by atoms with van der Waals surface area (Å²) >= 11 is 1.52. The van der Waals surface area contributed by atoms with Crippen LogP contribution in [0.25, 0.3) is 0 Å². The van der Waals surface area contributed by atoms with Crippen LogP contribution in [-0.2, 0) is 14.3 Å². The summed E-state index contributed by atoms with van der Waals surface area (Å²) in [5.74, 6) is 1.57. The summed E-state index contributed by atoms with van der Waals surface area (Å²) in [5.41, 5.74) is 0. The number of thioether (sulfide) groups is 1. The van der Waals surface area contributed by atoms with Crippen LogP contribution in [0.4, 0.5) is 0 Å². The molecule has 0 aliphatic carbocycles. The molecule has 0 spiro atoms. The Bertz CT molecular complexity index is 296. The summed E-state index contributed by atoms with van der Waals surface area (Å²) in [7, 11) is 1.39. The second-order valence-corrected chi connectivity index (χ2v) is 6.06. The van der Waals surface area contributed by atoms with Gasteiger partial charge in [0, 0.05) is 18.8 Å². The molecule has 4 nitrogen and oxygen atoms in total. The number of carbonyl (C=O) groups excluding carboxylic acids is 2. The predicted octanol–water partition coefficient (Wildman–Crippen LogP) is 1.79. The average Bonchev–Trinajstić information content (AvgIpc) is 2.37. The van der Waals surface area contributed by atoms with Crippen LogP contribution in [0.5, 0.6) is 0 Å². The van der Waals surface area contributed by atoms with E-state index in [4.69, 9.17) is 0 Å². The lowest BCUT2D eigenvalue weighted by Crippen LogP contribution is -2.40. The Balaban J connectivity index is 2.22. The van der Waals surface area contributed by atoms with Gasteiger partial charge in [-0.25, -0.2) is 0 Å². The fraction of sp³-hybridized carbons (Fsp3) is 0.846. The molecule has 0 saturated carbocycles. The Hall–Kier alpha value is -0.710. The molecule has 1 rings (SSSR count). The van der Waals surface area contributed by atoms with Crippen molar-refractivity contribution < 1.29 is 14.3 Å². The molecule has 2 atom stereocenters. The number of likely N-dealkylation sites (tertiary alicyclic amines) is 1. The van der Waals surface area contributed by atoms with Gasteiger partial charge in [0.1, 0.15) is 0 Å².